The van der Waals surface area contributed by atoms with Crippen LogP contribution in [0.3, 0.4) is 0 Å². The van der Waals surface area contributed by atoms with Crippen LogP contribution in [0.4, 0.5) is 13.2 Å². The zero-order chi connectivity index (χ0) is 20.0. The van der Waals surface area contributed by atoms with Gasteiger partial charge in [0.1, 0.15) is 0 Å². The number of alkyl halides is 3. The van der Waals surface area contributed by atoms with E-state index in [9.17, 15) is 13.2 Å². The van der Waals surface area contributed by atoms with Gasteiger partial charge in [-0.25, -0.2) is 0 Å². The van der Waals surface area contributed by atoms with Crippen molar-refractivity contribution in [2.24, 2.45) is 0 Å². The molecule has 1 aliphatic heterocycles. The zero-order valence-corrected chi connectivity index (χ0v) is 16.8. The first kappa shape index (κ1) is 21.0. The molecule has 0 spiro atoms. The summed E-state index contributed by atoms with van der Waals surface area (Å²) in [6.45, 7) is 3.82. The maximum absolute atomic E-state index is 12.9. The number of benzene rings is 1. The lowest BCUT2D eigenvalue weighted by Crippen LogP contribution is -2.45. The molecule has 1 fully saturated rings. The fourth-order valence-electron chi connectivity index (χ4n) is 3.07. The molecule has 9 heteroatoms. The average Bonchev–Trinajstić information content (AvgIpc) is 3.21. The van der Waals surface area contributed by atoms with Crippen LogP contribution in [0.5, 0.6) is 0 Å². The molecule has 0 aliphatic carbocycles. The molecular formula is C19H22F3N3OS2. The third-order valence-corrected chi connectivity index (χ3v) is 5.73. The van der Waals surface area contributed by atoms with Gasteiger partial charge in [0.15, 0.2) is 5.11 Å². The van der Waals surface area contributed by atoms with Crippen LogP contribution in [0.25, 0.3) is 0 Å². The number of hydrogen-bond acceptors (Lipinski definition) is 4. The van der Waals surface area contributed by atoms with E-state index in [2.05, 4.69) is 15.5 Å². The van der Waals surface area contributed by atoms with Crippen LogP contribution < -0.4 is 10.6 Å². The predicted molar refractivity (Wildman–Crippen MR) is 108 cm³/mol. The summed E-state index contributed by atoms with van der Waals surface area (Å²) in [6, 6.07) is 9.29. The minimum atomic E-state index is -4.33. The van der Waals surface area contributed by atoms with Gasteiger partial charge in [-0.15, -0.1) is 11.3 Å². The molecule has 1 aliphatic rings. The first-order valence-corrected chi connectivity index (χ1v) is 10.3. The predicted octanol–water partition coefficient (Wildman–Crippen LogP) is 3.80. The van der Waals surface area contributed by atoms with E-state index in [0.29, 0.717) is 31.4 Å². The van der Waals surface area contributed by atoms with Gasteiger partial charge in [-0.1, -0.05) is 18.2 Å². The molecule has 1 atom stereocenters. The lowest BCUT2D eigenvalue weighted by molar-refractivity contribution is -0.137. The van der Waals surface area contributed by atoms with Crippen molar-refractivity contribution in [2.75, 3.05) is 32.8 Å². The second kappa shape index (κ2) is 9.69. The Balaban J connectivity index is 1.64. The summed E-state index contributed by atoms with van der Waals surface area (Å²) in [5, 5.41) is 8.90. The van der Waals surface area contributed by atoms with Crippen molar-refractivity contribution in [1.29, 1.82) is 0 Å². The molecule has 2 aromatic rings. The number of hydrogen-bond donors (Lipinski definition) is 2. The number of thiocarbonyl (C=S) groups is 1. The summed E-state index contributed by atoms with van der Waals surface area (Å²) in [6.07, 6.45) is -4.33. The Bertz CT molecular complexity index is 745. The minimum Gasteiger partial charge on any atom is -0.379 e. The second-order valence-electron chi connectivity index (χ2n) is 6.43. The van der Waals surface area contributed by atoms with Gasteiger partial charge in [0.2, 0.25) is 0 Å². The van der Waals surface area contributed by atoms with Crippen molar-refractivity contribution in [3.63, 3.8) is 0 Å². The number of morpholine rings is 1. The molecule has 152 valence electrons. The van der Waals surface area contributed by atoms with Crippen molar-refractivity contribution in [3.8, 4) is 0 Å². The summed E-state index contributed by atoms with van der Waals surface area (Å²) in [5.74, 6) is 0. The SMILES string of the molecule is FC(F)(F)c1ccc(C(CNC(=S)NCc2cccs2)N2CCOCC2)cc1. The molecular weight excluding hydrogens is 407 g/mol. The third kappa shape index (κ3) is 5.91. The standard InChI is InChI=1S/C19H22F3N3OS2/c20-19(21,22)15-5-3-14(4-6-15)17(25-7-9-26-10-8-25)13-24-18(27)23-12-16-2-1-11-28-16/h1-6,11,17H,7-10,12-13H2,(H2,23,24,27). The summed E-state index contributed by atoms with van der Waals surface area (Å²) in [5.41, 5.74) is 0.182. The Morgan fingerprint density at radius 1 is 1.14 bits per heavy atom. The van der Waals surface area contributed by atoms with Crippen molar-refractivity contribution in [1.82, 2.24) is 15.5 Å². The van der Waals surface area contributed by atoms with E-state index in [4.69, 9.17) is 17.0 Å². The summed E-state index contributed by atoms with van der Waals surface area (Å²) < 4.78 is 44.0. The van der Waals surface area contributed by atoms with E-state index < -0.39 is 11.7 Å². The Kier molecular flexibility index (Phi) is 7.28. The highest BCUT2D eigenvalue weighted by Crippen LogP contribution is 2.31. The number of nitrogens with zero attached hydrogens (tertiary/aromatic N) is 1. The van der Waals surface area contributed by atoms with Crippen LogP contribution in [-0.2, 0) is 17.5 Å². The van der Waals surface area contributed by atoms with E-state index in [-0.39, 0.29) is 6.04 Å². The molecule has 2 N–H and O–H groups in total. The topological polar surface area (TPSA) is 36.5 Å². The first-order valence-electron chi connectivity index (χ1n) is 8.96. The summed E-state index contributed by atoms with van der Waals surface area (Å²) in [7, 11) is 0. The molecule has 0 radical (unpaired) electrons. The van der Waals surface area contributed by atoms with Gasteiger partial charge in [0, 0.05) is 24.5 Å². The first-order chi connectivity index (χ1) is 13.4. The van der Waals surface area contributed by atoms with Gasteiger partial charge in [-0.2, -0.15) is 13.2 Å². The Labute approximate surface area is 171 Å². The molecule has 0 bridgehead atoms. The fourth-order valence-corrected chi connectivity index (χ4v) is 3.87. The van der Waals surface area contributed by atoms with E-state index in [1.807, 2.05) is 17.5 Å². The fraction of sp³-hybridized carbons (Fsp3) is 0.421. The van der Waals surface area contributed by atoms with Crippen molar-refractivity contribution >= 4 is 28.7 Å². The van der Waals surface area contributed by atoms with Crippen LogP contribution in [0.15, 0.2) is 41.8 Å². The summed E-state index contributed by atoms with van der Waals surface area (Å²) in [4.78, 5) is 3.39. The van der Waals surface area contributed by atoms with Crippen LogP contribution in [-0.4, -0.2) is 42.9 Å². The Hall–Kier alpha value is -1.68. The van der Waals surface area contributed by atoms with Gasteiger partial charge < -0.3 is 15.4 Å². The van der Waals surface area contributed by atoms with Gasteiger partial charge in [0.05, 0.1) is 31.4 Å². The largest absolute Gasteiger partial charge is 0.416 e. The maximum atomic E-state index is 12.9. The Morgan fingerprint density at radius 3 is 2.46 bits per heavy atom. The minimum absolute atomic E-state index is 0.0901. The smallest absolute Gasteiger partial charge is 0.379 e. The Morgan fingerprint density at radius 2 is 1.86 bits per heavy atom. The lowest BCUT2D eigenvalue weighted by atomic mass is 10.0. The van der Waals surface area contributed by atoms with Gasteiger partial charge in [-0.05, 0) is 41.4 Å². The van der Waals surface area contributed by atoms with Crippen molar-refractivity contribution < 1.29 is 17.9 Å². The molecule has 0 saturated carbocycles. The highest BCUT2D eigenvalue weighted by atomic mass is 32.1. The molecule has 2 heterocycles. The molecule has 3 rings (SSSR count). The molecule has 28 heavy (non-hydrogen) atoms. The van der Waals surface area contributed by atoms with Crippen molar-refractivity contribution in [2.45, 2.75) is 18.8 Å². The van der Waals surface area contributed by atoms with E-state index >= 15 is 0 Å². The normalized spacial score (nSPS) is 16.5. The van der Waals surface area contributed by atoms with Crippen LogP contribution in [0.2, 0.25) is 0 Å². The van der Waals surface area contributed by atoms with E-state index in [1.54, 1.807) is 23.5 Å². The van der Waals surface area contributed by atoms with E-state index in [0.717, 1.165) is 30.8 Å². The van der Waals surface area contributed by atoms with Gasteiger partial charge in [-0.3, -0.25) is 4.90 Å². The molecule has 1 unspecified atom stereocenters. The van der Waals surface area contributed by atoms with Gasteiger partial charge >= 0.3 is 6.18 Å². The molecule has 1 saturated heterocycles. The van der Waals surface area contributed by atoms with Crippen LogP contribution in [0.1, 0.15) is 22.0 Å². The molecule has 0 amide bonds. The highest BCUT2D eigenvalue weighted by Gasteiger charge is 2.31. The quantitative estimate of drug-likeness (QED) is 0.683. The average molecular weight is 430 g/mol. The number of ether oxygens (including phenoxy) is 1. The monoisotopic (exact) mass is 429 g/mol. The molecule has 1 aromatic carbocycles. The third-order valence-electron chi connectivity index (χ3n) is 4.57. The second-order valence-corrected chi connectivity index (χ2v) is 7.87. The number of halogens is 3. The zero-order valence-electron chi connectivity index (χ0n) is 15.2. The van der Waals surface area contributed by atoms with Crippen LogP contribution >= 0.6 is 23.6 Å². The van der Waals surface area contributed by atoms with Gasteiger partial charge in [0.25, 0.3) is 0 Å². The molecule has 1 aromatic heterocycles. The maximum Gasteiger partial charge on any atom is 0.416 e. The number of rotatable bonds is 6. The lowest BCUT2D eigenvalue weighted by Gasteiger charge is -2.35. The molecule has 4 nitrogen and oxygen atoms in total. The summed E-state index contributed by atoms with van der Waals surface area (Å²) >= 11 is 7.01. The number of nitrogens with one attached hydrogen (secondary N) is 2. The number of thiophene rings is 1. The van der Waals surface area contributed by atoms with Crippen molar-refractivity contribution in [3.05, 3.63) is 57.8 Å². The highest BCUT2D eigenvalue weighted by molar-refractivity contribution is 7.80. The van der Waals surface area contributed by atoms with E-state index in [1.165, 1.54) is 4.88 Å². The van der Waals surface area contributed by atoms with Crippen LogP contribution in [0, 0.1) is 0 Å².